The zero-order chi connectivity index (χ0) is 15.2. The second kappa shape index (κ2) is 6.58. The Balaban J connectivity index is 2.10. The third kappa shape index (κ3) is 3.83. The lowest BCUT2D eigenvalue weighted by Gasteiger charge is -2.09. The van der Waals surface area contributed by atoms with E-state index in [0.717, 1.165) is 16.9 Å². The van der Waals surface area contributed by atoms with Gasteiger partial charge in [0.05, 0.1) is 25.2 Å². The number of nitrogens with zero attached hydrogens (tertiary/aromatic N) is 1. The molecule has 2 rings (SSSR count). The van der Waals surface area contributed by atoms with Gasteiger partial charge in [-0.05, 0) is 42.3 Å². The highest BCUT2D eigenvalue weighted by molar-refractivity contribution is 5.93. The molecule has 0 bridgehead atoms. The van der Waals surface area contributed by atoms with Gasteiger partial charge in [0.15, 0.2) is 0 Å². The van der Waals surface area contributed by atoms with Crippen LogP contribution in [0.3, 0.4) is 0 Å². The van der Waals surface area contributed by atoms with Gasteiger partial charge in [0.2, 0.25) is 5.91 Å². The second-order valence-corrected chi connectivity index (χ2v) is 4.72. The molecule has 0 saturated heterocycles. The van der Waals surface area contributed by atoms with Crippen LogP contribution in [0.2, 0.25) is 0 Å². The van der Waals surface area contributed by atoms with Crippen molar-refractivity contribution >= 4 is 11.6 Å². The Labute approximate surface area is 124 Å². The molecule has 1 N–H and O–H groups in total. The average molecular weight is 280 g/mol. The number of anilines is 1. The van der Waals surface area contributed by atoms with Crippen LogP contribution in [0.1, 0.15) is 16.7 Å². The number of carbonyl (C=O) groups is 1. The van der Waals surface area contributed by atoms with Crippen LogP contribution in [0.4, 0.5) is 5.69 Å². The first-order valence-electron chi connectivity index (χ1n) is 6.56. The zero-order valence-corrected chi connectivity index (χ0v) is 12.0. The van der Waals surface area contributed by atoms with Crippen LogP contribution < -0.4 is 10.1 Å². The predicted octanol–water partition coefficient (Wildman–Crippen LogP) is 3.06. The SMILES string of the molecule is COc1cccc(CC(=O)Nc2cc(C#N)ccc2C)c1. The summed E-state index contributed by atoms with van der Waals surface area (Å²) in [7, 11) is 1.59. The summed E-state index contributed by atoms with van der Waals surface area (Å²) in [6, 6.07) is 14.7. The minimum atomic E-state index is -0.124. The van der Waals surface area contributed by atoms with Crippen molar-refractivity contribution in [2.75, 3.05) is 12.4 Å². The Morgan fingerprint density at radius 3 is 2.81 bits per heavy atom. The largest absolute Gasteiger partial charge is 0.497 e. The van der Waals surface area contributed by atoms with Gasteiger partial charge in [-0.25, -0.2) is 0 Å². The summed E-state index contributed by atoms with van der Waals surface area (Å²) in [5.74, 6) is 0.601. The lowest BCUT2D eigenvalue weighted by atomic mass is 10.1. The first-order chi connectivity index (χ1) is 10.1. The van der Waals surface area contributed by atoms with Gasteiger partial charge in [0, 0.05) is 5.69 Å². The first kappa shape index (κ1) is 14.6. The van der Waals surface area contributed by atoms with Crippen LogP contribution in [0.5, 0.6) is 5.75 Å². The molecule has 0 spiro atoms. The van der Waals surface area contributed by atoms with E-state index in [1.807, 2.05) is 37.3 Å². The van der Waals surface area contributed by atoms with E-state index in [1.54, 1.807) is 19.2 Å². The summed E-state index contributed by atoms with van der Waals surface area (Å²) < 4.78 is 5.14. The molecule has 0 aliphatic rings. The summed E-state index contributed by atoms with van der Waals surface area (Å²) in [6.07, 6.45) is 0.257. The van der Waals surface area contributed by atoms with Gasteiger partial charge in [-0.2, -0.15) is 5.26 Å². The first-order valence-corrected chi connectivity index (χ1v) is 6.56. The Morgan fingerprint density at radius 1 is 1.29 bits per heavy atom. The monoisotopic (exact) mass is 280 g/mol. The van der Waals surface area contributed by atoms with E-state index in [2.05, 4.69) is 11.4 Å². The molecule has 0 saturated carbocycles. The van der Waals surface area contributed by atoms with Gasteiger partial charge in [-0.15, -0.1) is 0 Å². The van der Waals surface area contributed by atoms with Crippen molar-refractivity contribution < 1.29 is 9.53 Å². The normalized spacial score (nSPS) is 9.76. The summed E-state index contributed by atoms with van der Waals surface area (Å²) in [6.45, 7) is 1.89. The topological polar surface area (TPSA) is 62.1 Å². The van der Waals surface area contributed by atoms with Crippen molar-refractivity contribution in [3.8, 4) is 11.8 Å². The number of methoxy groups -OCH3 is 1. The minimum absolute atomic E-state index is 0.124. The smallest absolute Gasteiger partial charge is 0.228 e. The molecule has 0 radical (unpaired) electrons. The van der Waals surface area contributed by atoms with Crippen molar-refractivity contribution in [1.82, 2.24) is 0 Å². The molecule has 2 aromatic carbocycles. The molecule has 0 aliphatic heterocycles. The maximum atomic E-state index is 12.1. The fourth-order valence-electron chi connectivity index (χ4n) is 1.99. The van der Waals surface area contributed by atoms with Crippen LogP contribution in [0, 0.1) is 18.3 Å². The minimum Gasteiger partial charge on any atom is -0.497 e. The van der Waals surface area contributed by atoms with Gasteiger partial charge in [0.25, 0.3) is 0 Å². The number of carbonyl (C=O) groups excluding carboxylic acids is 1. The molecule has 0 aliphatic carbocycles. The van der Waals surface area contributed by atoms with Gasteiger partial charge < -0.3 is 10.1 Å². The lowest BCUT2D eigenvalue weighted by molar-refractivity contribution is -0.115. The molecule has 0 atom stereocenters. The number of nitriles is 1. The molecular formula is C17H16N2O2. The summed E-state index contributed by atoms with van der Waals surface area (Å²) >= 11 is 0. The highest BCUT2D eigenvalue weighted by Crippen LogP contribution is 2.18. The van der Waals surface area contributed by atoms with Gasteiger partial charge >= 0.3 is 0 Å². The number of nitrogens with one attached hydrogen (secondary N) is 1. The molecule has 0 fully saturated rings. The van der Waals surface area contributed by atoms with Crippen LogP contribution in [-0.4, -0.2) is 13.0 Å². The summed E-state index contributed by atoms with van der Waals surface area (Å²) in [5.41, 5.74) is 2.99. The molecule has 0 heterocycles. The van der Waals surface area contributed by atoms with Crippen LogP contribution in [0.25, 0.3) is 0 Å². The van der Waals surface area contributed by atoms with Crippen molar-refractivity contribution in [3.05, 3.63) is 59.2 Å². The maximum absolute atomic E-state index is 12.1. The van der Waals surface area contributed by atoms with Crippen molar-refractivity contribution in [2.24, 2.45) is 0 Å². The molecule has 106 valence electrons. The van der Waals surface area contributed by atoms with Crippen molar-refractivity contribution in [3.63, 3.8) is 0 Å². The fraction of sp³-hybridized carbons (Fsp3) is 0.176. The van der Waals surface area contributed by atoms with E-state index in [-0.39, 0.29) is 12.3 Å². The standard InChI is InChI=1S/C17H16N2O2/c1-12-6-7-14(11-18)9-16(12)19-17(20)10-13-4-3-5-15(8-13)21-2/h3-9H,10H2,1-2H3,(H,19,20). The van der Waals surface area contributed by atoms with E-state index >= 15 is 0 Å². The van der Waals surface area contributed by atoms with Crippen LogP contribution >= 0.6 is 0 Å². The van der Waals surface area contributed by atoms with Crippen molar-refractivity contribution in [2.45, 2.75) is 13.3 Å². The number of amides is 1. The Hall–Kier alpha value is -2.80. The number of hydrogen-bond acceptors (Lipinski definition) is 3. The van der Waals surface area contributed by atoms with Gasteiger partial charge in [-0.1, -0.05) is 18.2 Å². The molecule has 4 heteroatoms. The average Bonchev–Trinajstić information content (AvgIpc) is 2.49. The number of benzene rings is 2. The van der Waals surface area contributed by atoms with E-state index < -0.39 is 0 Å². The molecule has 0 aromatic heterocycles. The summed E-state index contributed by atoms with van der Waals surface area (Å²) in [5, 5.41) is 11.7. The van der Waals surface area contributed by atoms with Crippen molar-refractivity contribution in [1.29, 1.82) is 5.26 Å². The van der Waals surface area contributed by atoms with Crippen LogP contribution in [-0.2, 0) is 11.2 Å². The van der Waals surface area contributed by atoms with E-state index in [4.69, 9.17) is 10.00 Å². The van der Waals surface area contributed by atoms with E-state index in [9.17, 15) is 4.79 Å². The fourth-order valence-corrected chi connectivity index (χ4v) is 1.99. The zero-order valence-electron chi connectivity index (χ0n) is 12.0. The highest BCUT2D eigenvalue weighted by Gasteiger charge is 2.07. The van der Waals surface area contributed by atoms with E-state index in [0.29, 0.717) is 11.3 Å². The molecule has 4 nitrogen and oxygen atoms in total. The molecular weight excluding hydrogens is 264 g/mol. The number of aryl methyl sites for hydroxylation is 1. The highest BCUT2D eigenvalue weighted by atomic mass is 16.5. The number of rotatable bonds is 4. The Bertz CT molecular complexity index is 702. The Kier molecular flexibility index (Phi) is 4.57. The maximum Gasteiger partial charge on any atom is 0.228 e. The van der Waals surface area contributed by atoms with E-state index in [1.165, 1.54) is 0 Å². The molecule has 0 unspecified atom stereocenters. The number of hydrogen-bond donors (Lipinski definition) is 1. The van der Waals surface area contributed by atoms with Gasteiger partial charge in [-0.3, -0.25) is 4.79 Å². The van der Waals surface area contributed by atoms with Gasteiger partial charge in [0.1, 0.15) is 5.75 Å². The molecule has 2 aromatic rings. The predicted molar refractivity (Wildman–Crippen MR) is 81.2 cm³/mol. The lowest BCUT2D eigenvalue weighted by Crippen LogP contribution is -2.15. The third-order valence-corrected chi connectivity index (χ3v) is 3.14. The Morgan fingerprint density at radius 2 is 2.10 bits per heavy atom. The quantitative estimate of drug-likeness (QED) is 0.936. The third-order valence-electron chi connectivity index (χ3n) is 3.14. The molecule has 1 amide bonds. The second-order valence-electron chi connectivity index (χ2n) is 4.72. The van der Waals surface area contributed by atoms with Crippen LogP contribution in [0.15, 0.2) is 42.5 Å². The molecule has 21 heavy (non-hydrogen) atoms. The number of ether oxygens (including phenoxy) is 1. The summed E-state index contributed by atoms with van der Waals surface area (Å²) in [4.78, 5) is 12.1.